The molecule has 0 amide bonds. The number of hydrogen-bond donors (Lipinski definition) is 1. The van der Waals surface area contributed by atoms with Crippen LogP contribution in [0.3, 0.4) is 0 Å². The number of nitrogens with one attached hydrogen (secondary N) is 1. The number of anilines is 2. The summed E-state index contributed by atoms with van der Waals surface area (Å²) >= 11 is 0.675. The topological polar surface area (TPSA) is 40.6 Å². The van der Waals surface area contributed by atoms with Crippen molar-refractivity contribution in [2.45, 2.75) is 41.0 Å². The number of ether oxygens (including phenoxy) is 1. The molecular formula is C29H30F6N4OS. The predicted molar refractivity (Wildman–Crippen MR) is 147 cm³/mol. The van der Waals surface area contributed by atoms with Crippen molar-refractivity contribution in [2.75, 3.05) is 56.7 Å². The van der Waals surface area contributed by atoms with Gasteiger partial charge in [-0.15, -0.1) is 0 Å². The number of piperidine rings is 1. The summed E-state index contributed by atoms with van der Waals surface area (Å²) in [5, 5.41) is 3.41. The molecule has 2 aliphatic heterocycles. The van der Waals surface area contributed by atoms with Gasteiger partial charge >= 0.3 is 12.4 Å². The standard InChI is InChI=1S/C29H30F6N4OS/c1-38-11-8-20(9-12-38)37-21-3-2-4-22(18-21)41-24-6-5-23(26(28(30,31)32)27(24)29(33,34)35)19-7-10-36-25(17-19)39-13-15-40-16-14-39/h2-7,10,17-18,20,37H,8-9,11-16H2,1H3. The van der Waals surface area contributed by atoms with Gasteiger partial charge in [-0.1, -0.05) is 23.9 Å². The third-order valence-corrected chi connectivity index (χ3v) is 8.33. The maximum absolute atomic E-state index is 14.5. The van der Waals surface area contributed by atoms with Gasteiger partial charge in [0.05, 0.1) is 24.3 Å². The van der Waals surface area contributed by atoms with Gasteiger partial charge in [-0.25, -0.2) is 4.98 Å². The molecule has 0 spiro atoms. The van der Waals surface area contributed by atoms with E-state index in [9.17, 15) is 26.3 Å². The Morgan fingerprint density at radius 3 is 2.27 bits per heavy atom. The quantitative estimate of drug-likeness (QED) is 0.302. The molecule has 2 saturated heterocycles. The predicted octanol–water partition coefficient (Wildman–Crippen LogP) is 7.28. The molecule has 1 aromatic heterocycles. The van der Waals surface area contributed by atoms with Gasteiger partial charge in [-0.05, 0) is 80.5 Å². The molecule has 2 fully saturated rings. The van der Waals surface area contributed by atoms with Crippen LogP contribution in [0.5, 0.6) is 0 Å². The van der Waals surface area contributed by atoms with Crippen molar-refractivity contribution in [1.82, 2.24) is 9.88 Å². The minimum atomic E-state index is -5.25. The van der Waals surface area contributed by atoms with Gasteiger partial charge in [0.1, 0.15) is 5.82 Å². The molecule has 2 aromatic carbocycles. The fraction of sp³-hybridized carbons (Fsp3) is 0.414. The summed E-state index contributed by atoms with van der Waals surface area (Å²) in [6.07, 6.45) is -7.33. The van der Waals surface area contributed by atoms with E-state index in [1.54, 1.807) is 18.2 Å². The van der Waals surface area contributed by atoms with E-state index in [-0.39, 0.29) is 11.6 Å². The van der Waals surface area contributed by atoms with Gasteiger partial charge in [0.15, 0.2) is 0 Å². The first kappa shape index (κ1) is 29.5. The minimum absolute atomic E-state index is 0.0141. The van der Waals surface area contributed by atoms with Crippen molar-refractivity contribution in [1.29, 1.82) is 0 Å². The van der Waals surface area contributed by atoms with Crippen molar-refractivity contribution in [3.8, 4) is 11.1 Å². The highest BCUT2D eigenvalue weighted by Crippen LogP contribution is 2.50. The lowest BCUT2D eigenvalue weighted by Gasteiger charge is -2.30. The Hall–Kier alpha value is -2.96. The SMILES string of the molecule is CN1CCC(Nc2cccc(Sc3ccc(-c4ccnc(N5CCOCC5)c4)c(C(F)(F)F)c3C(F)(F)F)c2)CC1. The molecule has 12 heteroatoms. The summed E-state index contributed by atoms with van der Waals surface area (Å²) in [7, 11) is 2.05. The van der Waals surface area contributed by atoms with Crippen LogP contribution in [0.15, 0.2) is 64.5 Å². The van der Waals surface area contributed by atoms with E-state index in [1.165, 1.54) is 18.3 Å². The van der Waals surface area contributed by atoms with Crippen LogP contribution >= 0.6 is 11.8 Å². The Labute approximate surface area is 238 Å². The van der Waals surface area contributed by atoms with Crippen molar-refractivity contribution in [3.05, 3.63) is 65.9 Å². The molecule has 2 aliphatic rings. The number of morpholine rings is 1. The van der Waals surface area contributed by atoms with E-state index in [2.05, 4.69) is 15.2 Å². The highest BCUT2D eigenvalue weighted by Gasteiger charge is 2.47. The van der Waals surface area contributed by atoms with E-state index in [4.69, 9.17) is 4.74 Å². The Balaban J connectivity index is 1.51. The average molecular weight is 597 g/mol. The highest BCUT2D eigenvalue weighted by atomic mass is 32.2. The van der Waals surface area contributed by atoms with Crippen molar-refractivity contribution < 1.29 is 31.1 Å². The van der Waals surface area contributed by atoms with Gasteiger partial charge in [-0.3, -0.25) is 0 Å². The molecule has 0 unspecified atom stereocenters. The van der Waals surface area contributed by atoms with Gasteiger partial charge < -0.3 is 19.9 Å². The Morgan fingerprint density at radius 2 is 1.59 bits per heavy atom. The van der Waals surface area contributed by atoms with E-state index in [0.717, 1.165) is 43.8 Å². The molecular weight excluding hydrogens is 566 g/mol. The van der Waals surface area contributed by atoms with Crippen LogP contribution in [0.4, 0.5) is 37.8 Å². The lowest BCUT2D eigenvalue weighted by Crippen LogP contribution is -2.36. The van der Waals surface area contributed by atoms with E-state index in [0.29, 0.717) is 48.8 Å². The number of aromatic nitrogens is 1. The van der Waals surface area contributed by atoms with Crippen LogP contribution in [0.1, 0.15) is 24.0 Å². The molecule has 41 heavy (non-hydrogen) atoms. The van der Waals surface area contributed by atoms with Crippen LogP contribution in [-0.4, -0.2) is 62.4 Å². The summed E-state index contributed by atoms with van der Waals surface area (Å²) in [5.74, 6) is 0.389. The molecule has 1 N–H and O–H groups in total. The van der Waals surface area contributed by atoms with Crippen LogP contribution < -0.4 is 10.2 Å². The second-order valence-corrected chi connectivity index (χ2v) is 11.3. The zero-order valence-electron chi connectivity index (χ0n) is 22.4. The maximum atomic E-state index is 14.5. The van der Waals surface area contributed by atoms with Gasteiger partial charge in [0.2, 0.25) is 0 Å². The highest BCUT2D eigenvalue weighted by molar-refractivity contribution is 7.99. The normalized spacial score (nSPS) is 17.6. The lowest BCUT2D eigenvalue weighted by molar-refractivity contribution is -0.163. The molecule has 3 heterocycles. The van der Waals surface area contributed by atoms with Crippen molar-refractivity contribution >= 4 is 23.3 Å². The van der Waals surface area contributed by atoms with Crippen LogP contribution in [0, 0.1) is 0 Å². The second kappa shape index (κ2) is 12.1. The molecule has 0 atom stereocenters. The first-order chi connectivity index (χ1) is 19.5. The molecule has 220 valence electrons. The van der Waals surface area contributed by atoms with Crippen molar-refractivity contribution in [2.24, 2.45) is 0 Å². The Kier molecular flexibility index (Phi) is 8.72. The summed E-state index contributed by atoms with van der Waals surface area (Å²) in [6, 6.07) is 12.0. The monoisotopic (exact) mass is 596 g/mol. The number of hydrogen-bond acceptors (Lipinski definition) is 6. The lowest BCUT2D eigenvalue weighted by atomic mass is 9.94. The third-order valence-electron chi connectivity index (χ3n) is 7.28. The fourth-order valence-corrected chi connectivity index (χ4v) is 6.24. The smallest absolute Gasteiger partial charge is 0.382 e. The third kappa shape index (κ3) is 7.10. The summed E-state index contributed by atoms with van der Waals surface area (Å²) in [4.78, 5) is 8.19. The van der Waals surface area contributed by atoms with Crippen LogP contribution in [0.2, 0.25) is 0 Å². The molecule has 0 radical (unpaired) electrons. The van der Waals surface area contributed by atoms with Crippen molar-refractivity contribution in [3.63, 3.8) is 0 Å². The number of nitrogens with zero attached hydrogens (tertiary/aromatic N) is 3. The molecule has 0 aliphatic carbocycles. The van der Waals surface area contributed by atoms with E-state index < -0.39 is 33.9 Å². The molecule has 5 rings (SSSR count). The largest absolute Gasteiger partial charge is 0.418 e. The Bertz CT molecular complexity index is 1350. The van der Waals surface area contributed by atoms with Gasteiger partial charge in [0, 0.05) is 40.8 Å². The zero-order chi connectivity index (χ0) is 29.2. The number of likely N-dealkylation sites (tertiary alicyclic amines) is 1. The first-order valence-electron chi connectivity index (χ1n) is 13.3. The molecule has 5 nitrogen and oxygen atoms in total. The summed E-state index contributed by atoms with van der Waals surface area (Å²) in [5.41, 5.74) is -3.19. The zero-order valence-corrected chi connectivity index (χ0v) is 23.2. The molecule has 0 saturated carbocycles. The number of rotatable bonds is 6. The average Bonchev–Trinajstić information content (AvgIpc) is 2.94. The fourth-order valence-electron chi connectivity index (χ4n) is 5.20. The maximum Gasteiger partial charge on any atom is 0.418 e. The van der Waals surface area contributed by atoms with Crippen LogP contribution in [0.25, 0.3) is 11.1 Å². The summed E-state index contributed by atoms with van der Waals surface area (Å²) in [6.45, 7) is 3.69. The number of halogens is 6. The number of pyridine rings is 1. The van der Waals surface area contributed by atoms with Gasteiger partial charge in [-0.2, -0.15) is 26.3 Å². The number of alkyl halides is 6. The first-order valence-corrected chi connectivity index (χ1v) is 14.1. The van der Waals surface area contributed by atoms with E-state index >= 15 is 0 Å². The summed E-state index contributed by atoms with van der Waals surface area (Å²) < 4.78 is 92.2. The molecule has 3 aromatic rings. The molecule has 0 bridgehead atoms. The minimum Gasteiger partial charge on any atom is -0.382 e. The van der Waals surface area contributed by atoms with Gasteiger partial charge in [0.25, 0.3) is 0 Å². The number of benzene rings is 2. The van der Waals surface area contributed by atoms with E-state index in [1.807, 2.05) is 18.0 Å². The van der Waals surface area contributed by atoms with Crippen LogP contribution in [-0.2, 0) is 17.1 Å². The Morgan fingerprint density at radius 1 is 0.878 bits per heavy atom. The second-order valence-electron chi connectivity index (χ2n) is 10.2.